The molecule has 0 radical (unpaired) electrons. The molecule has 33 heavy (non-hydrogen) atoms. The fourth-order valence-electron chi connectivity index (χ4n) is 4.51. The van der Waals surface area contributed by atoms with E-state index in [1.54, 1.807) is 42.9 Å². The van der Waals surface area contributed by atoms with Gasteiger partial charge in [-0.25, -0.2) is 14.4 Å². The molecule has 0 saturated carbocycles. The van der Waals surface area contributed by atoms with Crippen LogP contribution in [-0.4, -0.2) is 38.0 Å². The van der Waals surface area contributed by atoms with Crippen LogP contribution >= 0.6 is 0 Å². The smallest absolute Gasteiger partial charge is 0.160 e. The normalized spacial score (nSPS) is 16.6. The average molecular weight is 441 g/mol. The molecule has 4 aromatic rings. The minimum absolute atomic E-state index is 0.156. The minimum atomic E-state index is -0.270. The van der Waals surface area contributed by atoms with Crippen molar-refractivity contribution in [3.63, 3.8) is 0 Å². The molecule has 5 nitrogen and oxygen atoms in total. The third-order valence-electron chi connectivity index (χ3n) is 6.14. The van der Waals surface area contributed by atoms with E-state index in [0.29, 0.717) is 11.4 Å². The summed E-state index contributed by atoms with van der Waals surface area (Å²) in [6, 6.07) is 18.0. The van der Waals surface area contributed by atoms with Crippen molar-refractivity contribution >= 4 is 0 Å². The molecule has 1 saturated heterocycles. The number of rotatable bonds is 5. The lowest BCUT2D eigenvalue weighted by Crippen LogP contribution is -2.34. The Balaban J connectivity index is 1.50. The molecule has 1 aliphatic rings. The van der Waals surface area contributed by atoms with Gasteiger partial charge in [-0.2, -0.15) is 0 Å². The zero-order chi connectivity index (χ0) is 22.6. The molecular weight excluding hydrogens is 415 g/mol. The summed E-state index contributed by atoms with van der Waals surface area (Å²) >= 11 is 0. The third-order valence-corrected chi connectivity index (χ3v) is 6.14. The lowest BCUT2D eigenvalue weighted by Gasteiger charge is -2.33. The Morgan fingerprint density at radius 2 is 1.82 bits per heavy atom. The number of piperidine rings is 1. The maximum Gasteiger partial charge on any atom is 0.160 e. The van der Waals surface area contributed by atoms with Gasteiger partial charge in [0.1, 0.15) is 11.6 Å². The van der Waals surface area contributed by atoms with Gasteiger partial charge < -0.3 is 5.11 Å². The summed E-state index contributed by atoms with van der Waals surface area (Å²) in [6.07, 6.45) is 7.24. The Hall–Kier alpha value is -3.64. The van der Waals surface area contributed by atoms with Gasteiger partial charge in [0, 0.05) is 54.3 Å². The number of likely N-dealkylation sites (tertiary alicyclic amines) is 1. The van der Waals surface area contributed by atoms with Crippen molar-refractivity contribution in [2.45, 2.75) is 25.3 Å². The first-order valence-electron chi connectivity index (χ1n) is 11.2. The predicted octanol–water partition coefficient (Wildman–Crippen LogP) is 5.43. The zero-order valence-electron chi connectivity index (χ0n) is 18.2. The van der Waals surface area contributed by atoms with Crippen molar-refractivity contribution in [3.8, 4) is 28.3 Å². The average Bonchev–Trinajstić information content (AvgIpc) is 2.86. The van der Waals surface area contributed by atoms with E-state index >= 15 is 0 Å². The van der Waals surface area contributed by atoms with Crippen LogP contribution in [0.15, 0.2) is 79.3 Å². The largest absolute Gasteiger partial charge is 0.508 e. The number of benzene rings is 2. The van der Waals surface area contributed by atoms with E-state index in [1.165, 1.54) is 6.07 Å². The Labute approximate surface area is 192 Å². The number of hydrogen-bond acceptors (Lipinski definition) is 5. The van der Waals surface area contributed by atoms with Crippen LogP contribution in [0.25, 0.3) is 22.5 Å². The van der Waals surface area contributed by atoms with E-state index in [1.807, 2.05) is 30.3 Å². The highest BCUT2D eigenvalue weighted by atomic mass is 19.1. The maximum absolute atomic E-state index is 14.7. The van der Waals surface area contributed by atoms with Gasteiger partial charge in [0.25, 0.3) is 0 Å². The lowest BCUT2D eigenvalue weighted by atomic mass is 9.89. The first-order valence-corrected chi connectivity index (χ1v) is 11.2. The van der Waals surface area contributed by atoms with E-state index in [-0.39, 0.29) is 17.5 Å². The summed E-state index contributed by atoms with van der Waals surface area (Å²) < 4.78 is 14.7. The molecule has 0 aliphatic carbocycles. The van der Waals surface area contributed by atoms with Crippen molar-refractivity contribution in [1.29, 1.82) is 0 Å². The van der Waals surface area contributed by atoms with Gasteiger partial charge in [-0.05, 0) is 55.3 Å². The fourth-order valence-corrected chi connectivity index (χ4v) is 4.51. The van der Waals surface area contributed by atoms with Crippen LogP contribution in [0, 0.1) is 5.82 Å². The molecule has 0 spiro atoms. The van der Waals surface area contributed by atoms with Crippen molar-refractivity contribution < 1.29 is 9.50 Å². The Morgan fingerprint density at radius 3 is 2.61 bits per heavy atom. The van der Waals surface area contributed by atoms with Gasteiger partial charge in [-0.1, -0.05) is 30.3 Å². The van der Waals surface area contributed by atoms with E-state index in [0.717, 1.165) is 54.9 Å². The maximum atomic E-state index is 14.7. The molecule has 1 N–H and O–H groups in total. The Morgan fingerprint density at radius 1 is 0.970 bits per heavy atom. The van der Waals surface area contributed by atoms with Gasteiger partial charge in [-0.3, -0.25) is 9.88 Å². The standard InChI is InChI=1S/C27H25FN4O/c28-25-8-2-1-7-23(25)24-16-30-27(20-5-3-13-29-15-20)31-26(24)21-6-4-14-32(18-21)17-19-9-11-22(33)12-10-19/h1-3,5,7-13,15-16,21,33H,4,6,14,17-18H2. The molecule has 1 fully saturated rings. The fraction of sp³-hybridized carbons (Fsp3) is 0.222. The Bertz CT molecular complexity index is 1230. The number of hydrogen-bond donors (Lipinski definition) is 1. The lowest BCUT2D eigenvalue weighted by molar-refractivity contribution is 0.198. The molecule has 0 bridgehead atoms. The second-order valence-corrected chi connectivity index (χ2v) is 8.45. The third kappa shape index (κ3) is 4.76. The summed E-state index contributed by atoms with van der Waals surface area (Å²) in [5.74, 6) is 0.764. The molecule has 1 atom stereocenters. The van der Waals surface area contributed by atoms with Crippen molar-refractivity contribution in [3.05, 3.63) is 96.3 Å². The molecule has 6 heteroatoms. The molecule has 5 rings (SSSR count). The van der Waals surface area contributed by atoms with Gasteiger partial charge >= 0.3 is 0 Å². The first kappa shape index (κ1) is 21.2. The zero-order valence-corrected chi connectivity index (χ0v) is 18.2. The van der Waals surface area contributed by atoms with Crippen LogP contribution in [0.5, 0.6) is 5.75 Å². The highest BCUT2D eigenvalue weighted by Crippen LogP contribution is 2.35. The van der Waals surface area contributed by atoms with Gasteiger partial charge in [0.15, 0.2) is 5.82 Å². The van der Waals surface area contributed by atoms with Gasteiger partial charge in [0.2, 0.25) is 0 Å². The minimum Gasteiger partial charge on any atom is -0.508 e. The molecule has 166 valence electrons. The predicted molar refractivity (Wildman–Crippen MR) is 126 cm³/mol. The second-order valence-electron chi connectivity index (χ2n) is 8.45. The molecule has 2 aromatic carbocycles. The molecule has 1 aliphatic heterocycles. The van der Waals surface area contributed by atoms with E-state index < -0.39 is 0 Å². The number of nitrogens with zero attached hydrogens (tertiary/aromatic N) is 4. The summed E-state index contributed by atoms with van der Waals surface area (Å²) in [5, 5.41) is 9.57. The van der Waals surface area contributed by atoms with Crippen LogP contribution in [0.2, 0.25) is 0 Å². The number of phenolic OH excluding ortho intramolecular Hbond substituents is 1. The number of aromatic nitrogens is 3. The van der Waals surface area contributed by atoms with Crippen LogP contribution < -0.4 is 0 Å². The van der Waals surface area contributed by atoms with Crippen molar-refractivity contribution in [2.75, 3.05) is 13.1 Å². The summed E-state index contributed by atoms with van der Waals surface area (Å²) in [5.41, 5.74) is 4.15. The van der Waals surface area contributed by atoms with Crippen LogP contribution in [0.4, 0.5) is 4.39 Å². The SMILES string of the molecule is Oc1ccc(CN2CCCC(c3nc(-c4cccnc4)ncc3-c3ccccc3F)C2)cc1. The van der Waals surface area contributed by atoms with Crippen LogP contribution in [-0.2, 0) is 6.54 Å². The van der Waals surface area contributed by atoms with E-state index in [2.05, 4.69) is 14.9 Å². The van der Waals surface area contributed by atoms with Crippen molar-refractivity contribution in [1.82, 2.24) is 19.9 Å². The highest BCUT2D eigenvalue weighted by Gasteiger charge is 2.26. The summed E-state index contributed by atoms with van der Waals surface area (Å²) in [4.78, 5) is 16.1. The molecule has 0 amide bonds. The first-order chi connectivity index (χ1) is 16.2. The van der Waals surface area contributed by atoms with Crippen molar-refractivity contribution in [2.24, 2.45) is 0 Å². The number of aromatic hydroxyl groups is 1. The van der Waals surface area contributed by atoms with Crippen LogP contribution in [0.3, 0.4) is 0 Å². The van der Waals surface area contributed by atoms with Crippen LogP contribution in [0.1, 0.15) is 30.0 Å². The molecule has 3 heterocycles. The van der Waals surface area contributed by atoms with Gasteiger partial charge in [-0.15, -0.1) is 0 Å². The summed E-state index contributed by atoms with van der Waals surface area (Å²) in [6.45, 7) is 2.62. The monoisotopic (exact) mass is 440 g/mol. The molecule has 1 unspecified atom stereocenters. The van der Waals surface area contributed by atoms with E-state index in [9.17, 15) is 9.50 Å². The highest BCUT2D eigenvalue weighted by molar-refractivity contribution is 5.68. The van der Waals surface area contributed by atoms with E-state index in [4.69, 9.17) is 4.98 Å². The number of phenols is 1. The molecular formula is C27H25FN4O. The topological polar surface area (TPSA) is 62.1 Å². The number of pyridine rings is 1. The number of halogens is 1. The second kappa shape index (κ2) is 9.46. The summed E-state index contributed by atoms with van der Waals surface area (Å²) in [7, 11) is 0. The van der Waals surface area contributed by atoms with Gasteiger partial charge in [0.05, 0.1) is 5.69 Å². The quantitative estimate of drug-likeness (QED) is 0.448. The molecule has 2 aromatic heterocycles. The Kier molecular flexibility index (Phi) is 6.09.